The molecule has 0 saturated carbocycles. The Morgan fingerprint density at radius 1 is 1.16 bits per heavy atom. The predicted octanol–water partition coefficient (Wildman–Crippen LogP) is 4.51. The lowest BCUT2D eigenvalue weighted by Gasteiger charge is -2.34. The van der Waals surface area contributed by atoms with Crippen molar-refractivity contribution in [2.75, 3.05) is 18.4 Å². The Balaban J connectivity index is 1.60. The Hall–Kier alpha value is -3.48. The molecule has 0 spiro atoms. The molecule has 3 aromatic rings. The standard InChI is InChI=1S/C24H28F4N6O3/c1-22(2,3)37-21(35)33-9-5-6-15(13-33)31-20-30-10-16(25)19(32-20)17-11-29-18-8-7-14(12-34(17)18)23(4,36)24(26,27)28/h7-8,10-12,15,36H,5-6,9,13H2,1-4H3,(H,30,31,32). The summed E-state index contributed by atoms with van der Waals surface area (Å²) >= 11 is 0. The molecule has 2 atom stereocenters. The minimum absolute atomic E-state index is 0.0804. The zero-order valence-corrected chi connectivity index (χ0v) is 20.8. The number of nitrogens with one attached hydrogen (secondary N) is 1. The second-order valence-electron chi connectivity index (χ2n) is 10.2. The minimum Gasteiger partial charge on any atom is -0.444 e. The van der Waals surface area contributed by atoms with Crippen LogP contribution in [0.4, 0.5) is 28.3 Å². The van der Waals surface area contributed by atoms with Gasteiger partial charge in [0.1, 0.15) is 16.9 Å². The van der Waals surface area contributed by atoms with E-state index in [-0.39, 0.29) is 29.0 Å². The lowest BCUT2D eigenvalue weighted by atomic mass is 9.97. The maximum atomic E-state index is 14.8. The van der Waals surface area contributed by atoms with Gasteiger partial charge in [0.2, 0.25) is 5.95 Å². The summed E-state index contributed by atoms with van der Waals surface area (Å²) < 4.78 is 61.6. The Labute approximate surface area is 210 Å². The van der Waals surface area contributed by atoms with Crippen LogP contribution in [-0.2, 0) is 10.3 Å². The van der Waals surface area contributed by atoms with Crippen molar-refractivity contribution in [1.82, 2.24) is 24.3 Å². The molecule has 3 aromatic heterocycles. The van der Waals surface area contributed by atoms with Crippen LogP contribution in [-0.4, -0.2) is 66.4 Å². The molecule has 1 saturated heterocycles. The molecule has 200 valence electrons. The van der Waals surface area contributed by atoms with Crippen LogP contribution in [0.25, 0.3) is 17.0 Å². The number of rotatable bonds is 4. The third-order valence-corrected chi connectivity index (χ3v) is 6.01. The van der Waals surface area contributed by atoms with Crippen molar-refractivity contribution in [1.29, 1.82) is 0 Å². The Kier molecular flexibility index (Phi) is 6.78. The van der Waals surface area contributed by atoms with Crippen LogP contribution in [0.3, 0.4) is 0 Å². The van der Waals surface area contributed by atoms with Crippen LogP contribution in [0.2, 0.25) is 0 Å². The second kappa shape index (κ2) is 9.43. The molecule has 0 aliphatic carbocycles. The molecule has 0 bridgehead atoms. The molecule has 1 aliphatic rings. The third kappa shape index (κ3) is 5.60. The molecule has 2 unspecified atom stereocenters. The smallest absolute Gasteiger partial charge is 0.421 e. The van der Waals surface area contributed by atoms with E-state index in [1.165, 1.54) is 16.7 Å². The van der Waals surface area contributed by atoms with E-state index in [1.54, 1.807) is 25.7 Å². The fraction of sp³-hybridized carbons (Fsp3) is 0.500. The van der Waals surface area contributed by atoms with Crippen molar-refractivity contribution < 1.29 is 32.2 Å². The first-order chi connectivity index (χ1) is 17.2. The van der Waals surface area contributed by atoms with E-state index < -0.39 is 34.9 Å². The van der Waals surface area contributed by atoms with Gasteiger partial charge in [-0.15, -0.1) is 0 Å². The molecule has 37 heavy (non-hydrogen) atoms. The number of hydrogen-bond acceptors (Lipinski definition) is 7. The van der Waals surface area contributed by atoms with E-state index in [0.29, 0.717) is 32.9 Å². The lowest BCUT2D eigenvalue weighted by Crippen LogP contribution is -2.47. The first-order valence-corrected chi connectivity index (χ1v) is 11.7. The number of aromatic nitrogens is 4. The van der Waals surface area contributed by atoms with E-state index >= 15 is 0 Å². The molecule has 13 heteroatoms. The number of piperidine rings is 1. The normalized spacial score (nSPS) is 18.5. The van der Waals surface area contributed by atoms with Crippen LogP contribution in [0.15, 0.2) is 30.7 Å². The fourth-order valence-electron chi connectivity index (χ4n) is 3.99. The second-order valence-corrected chi connectivity index (χ2v) is 10.2. The number of aliphatic hydroxyl groups is 1. The van der Waals surface area contributed by atoms with Crippen molar-refractivity contribution in [3.05, 3.63) is 42.1 Å². The molecule has 2 N–H and O–H groups in total. The molecule has 9 nitrogen and oxygen atoms in total. The maximum Gasteiger partial charge on any atom is 0.421 e. The van der Waals surface area contributed by atoms with Crippen LogP contribution in [0.5, 0.6) is 0 Å². The highest BCUT2D eigenvalue weighted by Crippen LogP contribution is 2.39. The number of fused-ring (bicyclic) bond motifs is 1. The van der Waals surface area contributed by atoms with E-state index in [0.717, 1.165) is 18.5 Å². The summed E-state index contributed by atoms with van der Waals surface area (Å²) in [7, 11) is 0. The van der Waals surface area contributed by atoms with E-state index in [2.05, 4.69) is 20.3 Å². The summed E-state index contributed by atoms with van der Waals surface area (Å²) in [5.41, 5.74) is -4.06. The minimum atomic E-state index is -4.92. The average molecular weight is 525 g/mol. The van der Waals surface area contributed by atoms with E-state index in [1.807, 2.05) is 0 Å². The molecule has 0 aromatic carbocycles. The number of carbonyl (C=O) groups excluding carboxylic acids is 1. The summed E-state index contributed by atoms with van der Waals surface area (Å²) in [5, 5.41) is 13.2. The number of pyridine rings is 1. The van der Waals surface area contributed by atoms with Gasteiger partial charge < -0.3 is 20.1 Å². The topological polar surface area (TPSA) is 105 Å². The highest BCUT2D eigenvalue weighted by molar-refractivity contribution is 5.68. The Morgan fingerprint density at radius 3 is 2.57 bits per heavy atom. The van der Waals surface area contributed by atoms with Crippen molar-refractivity contribution >= 4 is 17.7 Å². The maximum absolute atomic E-state index is 14.8. The summed E-state index contributed by atoms with van der Waals surface area (Å²) in [5.74, 6) is -0.722. The molecular weight excluding hydrogens is 496 g/mol. The fourth-order valence-corrected chi connectivity index (χ4v) is 3.99. The zero-order valence-electron chi connectivity index (χ0n) is 20.8. The van der Waals surface area contributed by atoms with Crippen molar-refractivity contribution in [2.24, 2.45) is 0 Å². The number of halogens is 4. The molecule has 4 rings (SSSR count). The summed E-state index contributed by atoms with van der Waals surface area (Å²) in [6.07, 6.45) is -0.654. The Morgan fingerprint density at radius 2 is 1.89 bits per heavy atom. The van der Waals surface area contributed by atoms with Crippen molar-refractivity contribution in [3.63, 3.8) is 0 Å². The van der Waals surface area contributed by atoms with Gasteiger partial charge in [-0.3, -0.25) is 4.40 Å². The third-order valence-electron chi connectivity index (χ3n) is 6.01. The Bertz CT molecular complexity index is 1300. The SMILES string of the molecule is CC(C)(C)OC(=O)N1CCCC(Nc2ncc(F)c(-c3cnc4ccc(C(C)(O)C(F)(F)F)cn34)n2)C1. The number of nitrogens with zero attached hydrogens (tertiary/aromatic N) is 5. The zero-order chi connectivity index (χ0) is 27.2. The number of anilines is 1. The number of imidazole rings is 1. The monoisotopic (exact) mass is 524 g/mol. The highest BCUT2D eigenvalue weighted by atomic mass is 19.4. The van der Waals surface area contributed by atoms with Gasteiger partial charge in [-0.2, -0.15) is 13.2 Å². The van der Waals surface area contributed by atoms with E-state index in [4.69, 9.17) is 4.74 Å². The quantitative estimate of drug-likeness (QED) is 0.484. The van der Waals surface area contributed by atoms with Crippen LogP contribution < -0.4 is 5.32 Å². The van der Waals surface area contributed by atoms with Gasteiger partial charge in [-0.25, -0.2) is 24.1 Å². The van der Waals surface area contributed by atoms with Gasteiger partial charge in [-0.05, 0) is 46.6 Å². The van der Waals surface area contributed by atoms with Gasteiger partial charge in [0.25, 0.3) is 0 Å². The van der Waals surface area contributed by atoms with Crippen LogP contribution >= 0.6 is 0 Å². The van der Waals surface area contributed by atoms with Gasteiger partial charge in [0, 0.05) is 30.9 Å². The molecule has 4 heterocycles. The number of alkyl halides is 3. The van der Waals surface area contributed by atoms with Gasteiger partial charge in [0.15, 0.2) is 11.4 Å². The number of hydrogen-bond donors (Lipinski definition) is 2. The van der Waals surface area contributed by atoms with E-state index in [9.17, 15) is 27.5 Å². The predicted molar refractivity (Wildman–Crippen MR) is 126 cm³/mol. The highest BCUT2D eigenvalue weighted by Gasteiger charge is 2.51. The molecule has 1 fully saturated rings. The number of amides is 1. The first-order valence-electron chi connectivity index (χ1n) is 11.7. The van der Waals surface area contributed by atoms with Gasteiger partial charge >= 0.3 is 12.3 Å². The number of ether oxygens (including phenoxy) is 1. The molecule has 1 amide bonds. The van der Waals surface area contributed by atoms with Crippen LogP contribution in [0.1, 0.15) is 46.1 Å². The number of likely N-dealkylation sites (tertiary alicyclic amines) is 1. The summed E-state index contributed by atoms with van der Waals surface area (Å²) in [6.45, 7) is 6.86. The largest absolute Gasteiger partial charge is 0.444 e. The molecule has 0 radical (unpaired) electrons. The van der Waals surface area contributed by atoms with Crippen molar-refractivity contribution in [3.8, 4) is 11.4 Å². The lowest BCUT2D eigenvalue weighted by molar-refractivity contribution is -0.259. The number of carbonyl (C=O) groups is 1. The molecule has 1 aliphatic heterocycles. The molecular formula is C24H28F4N6O3. The summed E-state index contributed by atoms with van der Waals surface area (Å²) in [4.78, 5) is 26.4. The van der Waals surface area contributed by atoms with Crippen molar-refractivity contribution in [2.45, 2.75) is 64.0 Å². The first kappa shape index (κ1) is 26.6. The average Bonchev–Trinajstić information content (AvgIpc) is 3.22. The van der Waals surface area contributed by atoms with Gasteiger partial charge in [0.05, 0.1) is 18.1 Å². The summed E-state index contributed by atoms with van der Waals surface area (Å²) in [6, 6.07) is 2.18. The van der Waals surface area contributed by atoms with Gasteiger partial charge in [-0.1, -0.05) is 6.07 Å². The van der Waals surface area contributed by atoms with Crippen LogP contribution in [0, 0.1) is 5.82 Å².